The summed E-state index contributed by atoms with van der Waals surface area (Å²) in [6.45, 7) is 3.00. The molecule has 1 saturated carbocycles. The number of para-hydroxylation sites is 2. The zero-order chi connectivity index (χ0) is 22.8. The first-order chi connectivity index (χ1) is 16.2. The highest BCUT2D eigenvalue weighted by Gasteiger charge is 2.46. The molecule has 172 valence electrons. The molecule has 1 saturated heterocycles. The van der Waals surface area contributed by atoms with Crippen molar-refractivity contribution in [2.45, 2.75) is 38.1 Å². The average molecular weight is 446 g/mol. The number of hydrogen-bond donors (Lipinski definition) is 0. The molecule has 0 aromatic heterocycles. The second-order valence-corrected chi connectivity index (χ2v) is 9.01. The Balaban J connectivity index is 1.49. The summed E-state index contributed by atoms with van der Waals surface area (Å²) in [5.41, 5.74) is 2.94. The Morgan fingerprint density at radius 1 is 0.758 bits per heavy atom. The summed E-state index contributed by atoms with van der Waals surface area (Å²) < 4.78 is 5.59. The highest BCUT2D eigenvalue weighted by molar-refractivity contribution is 6.36. The highest BCUT2D eigenvalue weighted by atomic mass is 16.5. The van der Waals surface area contributed by atoms with Gasteiger partial charge in [0.2, 0.25) is 0 Å². The largest absolute Gasteiger partial charge is 0.496 e. The molecule has 6 nitrogen and oxygen atoms in total. The highest BCUT2D eigenvalue weighted by Crippen LogP contribution is 2.39. The minimum Gasteiger partial charge on any atom is -0.496 e. The fourth-order valence-corrected chi connectivity index (χ4v) is 5.42. The number of anilines is 1. The summed E-state index contributed by atoms with van der Waals surface area (Å²) in [5.74, 6) is 0.317. The maximum atomic E-state index is 13.8. The van der Waals surface area contributed by atoms with E-state index in [1.165, 1.54) is 12.1 Å². The summed E-state index contributed by atoms with van der Waals surface area (Å²) in [6, 6.07) is 17.9. The molecule has 2 aliphatic heterocycles. The molecule has 2 amide bonds. The molecule has 6 heteroatoms. The first-order valence-electron chi connectivity index (χ1n) is 12.0. The maximum Gasteiger partial charge on any atom is 0.278 e. The fraction of sp³-hybridized carbons (Fsp3) is 0.407. The summed E-state index contributed by atoms with van der Waals surface area (Å²) in [4.78, 5) is 33.6. The van der Waals surface area contributed by atoms with Gasteiger partial charge in [-0.15, -0.1) is 0 Å². The van der Waals surface area contributed by atoms with E-state index in [0.29, 0.717) is 35.7 Å². The van der Waals surface area contributed by atoms with Crippen molar-refractivity contribution in [3.8, 4) is 5.75 Å². The van der Waals surface area contributed by atoms with Gasteiger partial charge in [0.1, 0.15) is 11.4 Å². The molecule has 0 radical (unpaired) electrons. The molecule has 2 fully saturated rings. The number of benzene rings is 2. The van der Waals surface area contributed by atoms with E-state index in [1.807, 2.05) is 42.5 Å². The van der Waals surface area contributed by atoms with Crippen LogP contribution < -0.4 is 9.64 Å². The van der Waals surface area contributed by atoms with E-state index in [-0.39, 0.29) is 17.9 Å². The number of methoxy groups -OCH3 is 1. The summed E-state index contributed by atoms with van der Waals surface area (Å²) >= 11 is 0. The van der Waals surface area contributed by atoms with Crippen molar-refractivity contribution < 1.29 is 14.3 Å². The van der Waals surface area contributed by atoms with Gasteiger partial charge in [0.25, 0.3) is 11.8 Å². The van der Waals surface area contributed by atoms with Crippen LogP contribution in [0.25, 0.3) is 5.57 Å². The minimum absolute atomic E-state index is 0.00781. The number of nitrogens with zero attached hydrogens (tertiary/aromatic N) is 3. The van der Waals surface area contributed by atoms with Crippen LogP contribution in [0.5, 0.6) is 5.75 Å². The normalized spacial score (nSPS) is 20.1. The second kappa shape index (κ2) is 9.30. The number of carbonyl (C=O) groups excluding carboxylic acids is 2. The van der Waals surface area contributed by atoms with Crippen LogP contribution in [0.3, 0.4) is 0 Å². The van der Waals surface area contributed by atoms with Gasteiger partial charge in [0, 0.05) is 43.5 Å². The van der Waals surface area contributed by atoms with Crippen LogP contribution in [0.1, 0.15) is 37.7 Å². The summed E-state index contributed by atoms with van der Waals surface area (Å²) in [5, 5.41) is 0. The molecular formula is C27H31N3O3. The number of imide groups is 1. The molecule has 2 aromatic rings. The van der Waals surface area contributed by atoms with Gasteiger partial charge in [-0.3, -0.25) is 14.5 Å². The van der Waals surface area contributed by atoms with E-state index in [9.17, 15) is 9.59 Å². The van der Waals surface area contributed by atoms with Crippen molar-refractivity contribution in [1.82, 2.24) is 9.80 Å². The Bertz CT molecular complexity index is 1050. The predicted octanol–water partition coefficient (Wildman–Crippen LogP) is 3.93. The van der Waals surface area contributed by atoms with Gasteiger partial charge < -0.3 is 14.5 Å². The Labute approximate surface area is 195 Å². The van der Waals surface area contributed by atoms with E-state index in [0.717, 1.165) is 38.8 Å². The molecule has 1 aliphatic carbocycles. The fourth-order valence-electron chi connectivity index (χ4n) is 5.42. The molecule has 2 heterocycles. The predicted molar refractivity (Wildman–Crippen MR) is 129 cm³/mol. The van der Waals surface area contributed by atoms with Crippen LogP contribution in [-0.4, -0.2) is 60.9 Å². The summed E-state index contributed by atoms with van der Waals surface area (Å²) in [6.07, 6.45) is 5.10. The number of amides is 2. The molecule has 0 N–H and O–H groups in total. The van der Waals surface area contributed by atoms with E-state index in [2.05, 4.69) is 21.9 Å². The second-order valence-electron chi connectivity index (χ2n) is 9.01. The van der Waals surface area contributed by atoms with Gasteiger partial charge in [-0.05, 0) is 31.0 Å². The van der Waals surface area contributed by atoms with Crippen LogP contribution in [0, 0.1) is 0 Å². The Kier molecular flexibility index (Phi) is 6.07. The molecule has 0 atom stereocenters. The van der Waals surface area contributed by atoms with Crippen molar-refractivity contribution in [3.63, 3.8) is 0 Å². The van der Waals surface area contributed by atoms with Crippen LogP contribution in [-0.2, 0) is 9.59 Å². The molecule has 2 aromatic carbocycles. The lowest BCUT2D eigenvalue weighted by atomic mass is 9.94. The van der Waals surface area contributed by atoms with Crippen LogP contribution in [0.15, 0.2) is 60.3 Å². The summed E-state index contributed by atoms with van der Waals surface area (Å²) in [7, 11) is 1.61. The minimum atomic E-state index is -0.170. The van der Waals surface area contributed by atoms with Gasteiger partial charge in [-0.25, -0.2) is 0 Å². The van der Waals surface area contributed by atoms with Gasteiger partial charge in [-0.2, -0.15) is 0 Å². The van der Waals surface area contributed by atoms with E-state index in [1.54, 1.807) is 12.0 Å². The van der Waals surface area contributed by atoms with E-state index < -0.39 is 0 Å². The third-order valence-corrected chi connectivity index (χ3v) is 7.12. The molecule has 0 spiro atoms. The molecule has 3 aliphatic rings. The monoisotopic (exact) mass is 445 g/mol. The quantitative estimate of drug-likeness (QED) is 0.653. The molecule has 0 bridgehead atoms. The van der Waals surface area contributed by atoms with Crippen molar-refractivity contribution in [2.75, 3.05) is 38.2 Å². The molecule has 33 heavy (non-hydrogen) atoms. The van der Waals surface area contributed by atoms with Crippen molar-refractivity contribution in [3.05, 3.63) is 65.9 Å². The SMILES string of the molecule is COc1ccccc1C1=C(N2CCN(c3ccccc3)CC2)C(=O)N(C2CCCCC2)C1=O. The third kappa shape index (κ3) is 3.99. The Hall–Kier alpha value is -3.28. The van der Waals surface area contributed by atoms with E-state index >= 15 is 0 Å². The first-order valence-corrected chi connectivity index (χ1v) is 12.0. The Morgan fingerprint density at radius 2 is 1.39 bits per heavy atom. The van der Waals surface area contributed by atoms with Gasteiger partial charge in [-0.1, -0.05) is 55.7 Å². The van der Waals surface area contributed by atoms with Crippen LogP contribution in [0.2, 0.25) is 0 Å². The number of ether oxygens (including phenoxy) is 1. The lowest BCUT2D eigenvalue weighted by Gasteiger charge is -2.38. The van der Waals surface area contributed by atoms with E-state index in [4.69, 9.17) is 4.74 Å². The number of piperazine rings is 1. The van der Waals surface area contributed by atoms with Gasteiger partial charge in [0.05, 0.1) is 12.7 Å². The zero-order valence-corrected chi connectivity index (χ0v) is 19.2. The smallest absolute Gasteiger partial charge is 0.278 e. The van der Waals surface area contributed by atoms with Crippen molar-refractivity contribution in [2.24, 2.45) is 0 Å². The number of rotatable bonds is 5. The first kappa shape index (κ1) is 21.6. The van der Waals surface area contributed by atoms with Gasteiger partial charge in [0.15, 0.2) is 0 Å². The van der Waals surface area contributed by atoms with Crippen LogP contribution in [0.4, 0.5) is 5.69 Å². The van der Waals surface area contributed by atoms with Crippen molar-refractivity contribution >= 4 is 23.1 Å². The topological polar surface area (TPSA) is 53.1 Å². The average Bonchev–Trinajstić information content (AvgIpc) is 3.14. The standard InChI is InChI=1S/C27H31N3O3/c1-33-23-15-9-8-14-22(23)24-25(27(32)30(26(24)31)21-12-6-3-7-13-21)29-18-16-28(17-19-29)20-10-4-2-5-11-20/h2,4-5,8-11,14-15,21H,3,6-7,12-13,16-19H2,1H3. The third-order valence-electron chi connectivity index (χ3n) is 7.12. The molecular weight excluding hydrogens is 414 g/mol. The van der Waals surface area contributed by atoms with Crippen LogP contribution >= 0.6 is 0 Å². The lowest BCUT2D eigenvalue weighted by molar-refractivity contribution is -0.141. The lowest BCUT2D eigenvalue weighted by Crippen LogP contribution is -2.48. The number of carbonyl (C=O) groups is 2. The maximum absolute atomic E-state index is 13.8. The number of hydrogen-bond acceptors (Lipinski definition) is 5. The Morgan fingerprint density at radius 3 is 2.09 bits per heavy atom. The molecule has 0 unspecified atom stereocenters. The van der Waals surface area contributed by atoms with Crippen molar-refractivity contribution in [1.29, 1.82) is 0 Å². The zero-order valence-electron chi connectivity index (χ0n) is 19.2. The molecule has 5 rings (SSSR count). The van der Waals surface area contributed by atoms with Gasteiger partial charge >= 0.3 is 0 Å².